The molecule has 0 amide bonds. The molecule has 1 rings (SSSR count). The minimum atomic E-state index is -1.51. The summed E-state index contributed by atoms with van der Waals surface area (Å²) in [6.07, 6.45) is 3.16. The van der Waals surface area contributed by atoms with E-state index < -0.39 is 12.4 Å². The minimum absolute atomic E-state index is 0.545. The summed E-state index contributed by atoms with van der Waals surface area (Å²) in [4.78, 5) is 10.0. The Balaban J connectivity index is 2.64. The number of hydrogen-bond donors (Lipinski definition) is 0. The Morgan fingerprint density at radius 3 is 2.83 bits per heavy atom. The zero-order valence-corrected chi connectivity index (χ0v) is 6.93. The Hall–Kier alpha value is -1.52. The second kappa shape index (κ2) is 3.25. The number of nitrogens with zero attached hydrogens (tertiary/aromatic N) is 2. The van der Waals surface area contributed by atoms with Crippen molar-refractivity contribution in [3.05, 3.63) is 18.7 Å². The van der Waals surface area contributed by atoms with Gasteiger partial charge in [-0.05, 0) is 6.92 Å². The molecule has 66 valence electrons. The fourth-order valence-electron chi connectivity index (χ4n) is 0.885. The van der Waals surface area contributed by atoms with Crippen molar-refractivity contribution < 1.29 is 19.2 Å². The van der Waals surface area contributed by atoms with Crippen LogP contribution in [0.5, 0.6) is 0 Å². The van der Waals surface area contributed by atoms with Gasteiger partial charge in [-0.15, -0.1) is 0 Å². The van der Waals surface area contributed by atoms with Gasteiger partial charge in [0, 0.05) is 0 Å². The summed E-state index contributed by atoms with van der Waals surface area (Å²) in [5, 5.41) is 10.0. The highest BCUT2D eigenvalue weighted by atomic mass is 16.7. The van der Waals surface area contributed by atoms with E-state index in [0.29, 0.717) is 0 Å². The predicted molar refractivity (Wildman–Crippen MR) is 36.8 cm³/mol. The SMILES string of the molecule is CC(OC(=O)[O-])n1cc[n+](C)c1. The summed E-state index contributed by atoms with van der Waals surface area (Å²) in [5.74, 6) is 0. The van der Waals surface area contributed by atoms with Gasteiger partial charge in [-0.3, -0.25) is 0 Å². The number of carbonyl (C=O) groups excluding carboxylic acids is 1. The van der Waals surface area contributed by atoms with Crippen LogP contribution in [-0.4, -0.2) is 10.7 Å². The molecule has 1 unspecified atom stereocenters. The van der Waals surface area contributed by atoms with Crippen LogP contribution in [0.25, 0.3) is 0 Å². The Labute approximate surface area is 69.8 Å². The van der Waals surface area contributed by atoms with Crippen LogP contribution in [-0.2, 0) is 11.8 Å². The summed E-state index contributed by atoms with van der Waals surface area (Å²) in [5.41, 5.74) is 0. The maximum atomic E-state index is 10.0. The molecule has 0 aromatic carbocycles. The summed E-state index contributed by atoms with van der Waals surface area (Å²) in [6.45, 7) is 1.62. The van der Waals surface area contributed by atoms with E-state index in [1.54, 1.807) is 34.8 Å². The highest BCUT2D eigenvalue weighted by Crippen LogP contribution is 2.03. The molecular formula is C7H10N2O3. The van der Waals surface area contributed by atoms with E-state index in [-0.39, 0.29) is 0 Å². The van der Waals surface area contributed by atoms with Gasteiger partial charge < -0.3 is 14.6 Å². The van der Waals surface area contributed by atoms with Crippen LogP contribution in [0.4, 0.5) is 4.79 Å². The molecule has 0 aliphatic rings. The van der Waals surface area contributed by atoms with Crippen molar-refractivity contribution >= 4 is 6.16 Å². The zero-order valence-electron chi connectivity index (χ0n) is 6.93. The van der Waals surface area contributed by atoms with Gasteiger partial charge >= 0.3 is 0 Å². The van der Waals surface area contributed by atoms with Gasteiger partial charge in [0.1, 0.15) is 12.4 Å². The highest BCUT2D eigenvalue weighted by molar-refractivity contribution is 5.54. The molecular weight excluding hydrogens is 160 g/mol. The normalized spacial score (nSPS) is 12.5. The summed E-state index contributed by atoms with van der Waals surface area (Å²) in [7, 11) is 1.84. The maximum absolute atomic E-state index is 10.0. The Morgan fingerprint density at radius 1 is 1.75 bits per heavy atom. The van der Waals surface area contributed by atoms with E-state index in [0.717, 1.165) is 0 Å². The van der Waals surface area contributed by atoms with Crippen LogP contribution < -0.4 is 9.67 Å². The predicted octanol–water partition coefficient (Wildman–Crippen LogP) is -0.809. The third-order valence-electron chi connectivity index (χ3n) is 1.48. The lowest BCUT2D eigenvalue weighted by molar-refractivity contribution is -0.671. The maximum Gasteiger partial charge on any atom is 0.255 e. The summed E-state index contributed by atoms with van der Waals surface area (Å²) >= 11 is 0. The quantitative estimate of drug-likeness (QED) is 0.431. The molecule has 1 aromatic heterocycles. The van der Waals surface area contributed by atoms with Crippen molar-refractivity contribution in [1.82, 2.24) is 4.57 Å². The third-order valence-corrected chi connectivity index (χ3v) is 1.48. The Morgan fingerprint density at radius 2 is 2.42 bits per heavy atom. The average Bonchev–Trinajstić information content (AvgIpc) is 2.34. The summed E-state index contributed by atoms with van der Waals surface area (Å²) < 4.78 is 7.81. The molecule has 12 heavy (non-hydrogen) atoms. The van der Waals surface area contributed by atoms with Crippen LogP contribution in [0, 0.1) is 0 Å². The average molecular weight is 170 g/mol. The molecule has 1 atom stereocenters. The van der Waals surface area contributed by atoms with Crippen molar-refractivity contribution in [2.45, 2.75) is 13.2 Å². The van der Waals surface area contributed by atoms with Gasteiger partial charge in [0.05, 0.1) is 7.05 Å². The first kappa shape index (κ1) is 8.58. The second-order valence-corrected chi connectivity index (χ2v) is 2.49. The van der Waals surface area contributed by atoms with Crippen molar-refractivity contribution in [3.8, 4) is 0 Å². The molecule has 0 aliphatic heterocycles. The number of aryl methyl sites for hydroxylation is 1. The number of carbonyl (C=O) groups is 1. The first-order valence-electron chi connectivity index (χ1n) is 3.50. The second-order valence-electron chi connectivity index (χ2n) is 2.49. The molecule has 5 nitrogen and oxygen atoms in total. The molecule has 1 heterocycles. The van der Waals surface area contributed by atoms with Gasteiger partial charge in [0.15, 0.2) is 6.23 Å². The number of rotatable bonds is 2. The van der Waals surface area contributed by atoms with Gasteiger partial charge in [-0.25, -0.2) is 9.13 Å². The van der Waals surface area contributed by atoms with E-state index in [4.69, 9.17) is 0 Å². The van der Waals surface area contributed by atoms with Gasteiger partial charge in [-0.2, -0.15) is 0 Å². The lowest BCUT2D eigenvalue weighted by Gasteiger charge is -2.13. The Kier molecular flexibility index (Phi) is 2.32. The first-order chi connectivity index (χ1) is 5.59. The monoisotopic (exact) mass is 170 g/mol. The largest absolute Gasteiger partial charge is 0.508 e. The number of imidazole rings is 1. The minimum Gasteiger partial charge on any atom is -0.508 e. The molecule has 0 aliphatic carbocycles. The van der Waals surface area contributed by atoms with Gasteiger partial charge in [-0.1, -0.05) is 0 Å². The van der Waals surface area contributed by atoms with E-state index in [2.05, 4.69) is 4.74 Å². The van der Waals surface area contributed by atoms with Gasteiger partial charge in [0.2, 0.25) is 6.33 Å². The first-order valence-corrected chi connectivity index (χ1v) is 3.50. The molecule has 0 bridgehead atoms. The van der Waals surface area contributed by atoms with Crippen LogP contribution in [0.2, 0.25) is 0 Å². The highest BCUT2D eigenvalue weighted by Gasteiger charge is 2.07. The van der Waals surface area contributed by atoms with Crippen molar-refractivity contribution in [3.63, 3.8) is 0 Å². The number of aromatic nitrogens is 2. The lowest BCUT2D eigenvalue weighted by atomic mass is 10.6. The molecule has 0 spiro atoms. The summed E-state index contributed by atoms with van der Waals surface area (Å²) in [6, 6.07) is 0. The number of carboxylic acid groups (broad SMARTS) is 1. The van der Waals surface area contributed by atoms with Crippen LogP contribution in [0.1, 0.15) is 13.2 Å². The van der Waals surface area contributed by atoms with Crippen molar-refractivity contribution in [2.75, 3.05) is 0 Å². The molecule has 0 N–H and O–H groups in total. The fraction of sp³-hybridized carbons (Fsp3) is 0.429. The lowest BCUT2D eigenvalue weighted by Crippen LogP contribution is -2.28. The van der Waals surface area contributed by atoms with Gasteiger partial charge in [0.25, 0.3) is 6.16 Å². The molecule has 0 fully saturated rings. The molecule has 5 heteroatoms. The van der Waals surface area contributed by atoms with E-state index in [1.165, 1.54) is 0 Å². The number of hydrogen-bond acceptors (Lipinski definition) is 3. The van der Waals surface area contributed by atoms with E-state index >= 15 is 0 Å². The number of ether oxygens (including phenoxy) is 1. The van der Waals surface area contributed by atoms with Crippen molar-refractivity contribution in [2.24, 2.45) is 7.05 Å². The van der Waals surface area contributed by atoms with Crippen LogP contribution >= 0.6 is 0 Å². The zero-order chi connectivity index (χ0) is 9.14. The third kappa shape index (κ3) is 1.98. The molecule has 0 saturated heterocycles. The van der Waals surface area contributed by atoms with E-state index in [9.17, 15) is 9.90 Å². The van der Waals surface area contributed by atoms with Crippen LogP contribution in [0.15, 0.2) is 18.7 Å². The molecule has 1 aromatic rings. The molecule has 0 saturated carbocycles. The Bertz CT molecular complexity index is 282. The van der Waals surface area contributed by atoms with Crippen LogP contribution in [0.3, 0.4) is 0 Å². The van der Waals surface area contributed by atoms with E-state index in [1.807, 2.05) is 7.05 Å². The topological polar surface area (TPSA) is 58.2 Å². The smallest absolute Gasteiger partial charge is 0.255 e. The standard InChI is InChI=1S/C7H10N2O3/c1-6(12-7(10)11)9-4-3-8(2)5-9/h3-6H,1-2H3. The molecule has 0 radical (unpaired) electrons. The van der Waals surface area contributed by atoms with Crippen molar-refractivity contribution in [1.29, 1.82) is 0 Å². The fourth-order valence-corrected chi connectivity index (χ4v) is 0.885.